The molecule has 3 nitrogen and oxygen atoms in total. The summed E-state index contributed by atoms with van der Waals surface area (Å²) in [5, 5.41) is 0.896. The number of anilines is 1. The lowest BCUT2D eigenvalue weighted by molar-refractivity contribution is -0.116. The van der Waals surface area contributed by atoms with Crippen LogP contribution in [0.5, 0.6) is 0 Å². The molecule has 0 saturated heterocycles. The summed E-state index contributed by atoms with van der Waals surface area (Å²) in [6.07, 6.45) is 5.18. The van der Waals surface area contributed by atoms with E-state index in [4.69, 9.17) is 4.42 Å². The summed E-state index contributed by atoms with van der Waals surface area (Å²) in [5.41, 5.74) is 1.17. The molecule has 0 fully saturated rings. The van der Waals surface area contributed by atoms with Crippen LogP contribution in [0.25, 0.3) is 0 Å². The average molecular weight is 225 g/mol. The summed E-state index contributed by atoms with van der Waals surface area (Å²) in [7, 11) is 0. The van der Waals surface area contributed by atoms with Crippen LogP contribution in [0.15, 0.2) is 15.6 Å². The van der Waals surface area contributed by atoms with E-state index >= 15 is 0 Å². The van der Waals surface area contributed by atoms with Gasteiger partial charge in [-0.3, -0.25) is 9.69 Å². The van der Waals surface area contributed by atoms with Crippen molar-refractivity contribution in [3.8, 4) is 0 Å². The number of rotatable bonds is 1. The number of furan rings is 1. The van der Waals surface area contributed by atoms with Crippen molar-refractivity contribution in [2.24, 2.45) is 0 Å². The molecule has 1 aromatic heterocycles. The fourth-order valence-corrected chi connectivity index (χ4v) is 2.31. The highest BCUT2D eigenvalue weighted by Crippen LogP contribution is 2.33. The lowest BCUT2D eigenvalue weighted by atomic mass is 10.2. The van der Waals surface area contributed by atoms with Gasteiger partial charge in [-0.25, -0.2) is 0 Å². The number of fused-ring (bicyclic) bond motifs is 1. The lowest BCUT2D eigenvalue weighted by Crippen LogP contribution is -2.28. The molecule has 15 heavy (non-hydrogen) atoms. The zero-order chi connectivity index (χ0) is 10.8. The van der Waals surface area contributed by atoms with Gasteiger partial charge in [-0.05, 0) is 31.6 Å². The maximum Gasteiger partial charge on any atom is 0.226 e. The minimum absolute atomic E-state index is 0.0696. The van der Waals surface area contributed by atoms with Gasteiger partial charge in [0, 0.05) is 19.0 Å². The molecule has 0 saturated carbocycles. The second-order valence-corrected chi connectivity index (χ2v) is 4.54. The Balaban J connectivity index is 2.38. The van der Waals surface area contributed by atoms with Crippen molar-refractivity contribution >= 4 is 23.6 Å². The Morgan fingerprint density at radius 2 is 2.33 bits per heavy atom. The van der Waals surface area contributed by atoms with Crippen molar-refractivity contribution < 1.29 is 9.21 Å². The minimum atomic E-state index is 0.0696. The van der Waals surface area contributed by atoms with Gasteiger partial charge in [0.1, 0.15) is 0 Å². The van der Waals surface area contributed by atoms with E-state index in [0.29, 0.717) is 0 Å². The highest BCUT2D eigenvalue weighted by Gasteiger charge is 2.22. The normalized spacial score (nSPS) is 16.0. The Hall–Kier alpha value is -0.900. The van der Waals surface area contributed by atoms with Gasteiger partial charge in [0.05, 0.1) is 0 Å². The monoisotopic (exact) mass is 225 g/mol. The maximum absolute atomic E-state index is 11.5. The number of aryl methyl sites for hydroxylation is 1. The van der Waals surface area contributed by atoms with Crippen LogP contribution in [-0.2, 0) is 11.2 Å². The van der Waals surface area contributed by atoms with Crippen molar-refractivity contribution in [2.45, 2.75) is 31.3 Å². The summed E-state index contributed by atoms with van der Waals surface area (Å²) in [5.74, 6) is 0.838. The first-order valence-electron chi connectivity index (χ1n) is 5.17. The van der Waals surface area contributed by atoms with Gasteiger partial charge in [0.15, 0.2) is 5.09 Å². The highest BCUT2D eigenvalue weighted by molar-refractivity contribution is 7.98. The zero-order valence-electron chi connectivity index (χ0n) is 9.08. The van der Waals surface area contributed by atoms with E-state index in [1.54, 1.807) is 23.6 Å². The Bertz CT molecular complexity index is 373. The molecule has 2 rings (SSSR count). The predicted octanol–water partition coefficient (Wildman–Crippen LogP) is 2.69. The van der Waals surface area contributed by atoms with Crippen LogP contribution in [0.2, 0.25) is 0 Å². The molecule has 2 heterocycles. The van der Waals surface area contributed by atoms with Gasteiger partial charge < -0.3 is 4.42 Å². The molecule has 1 aliphatic rings. The molecule has 0 aliphatic carbocycles. The Labute approximate surface area is 93.8 Å². The van der Waals surface area contributed by atoms with Crippen LogP contribution in [-0.4, -0.2) is 18.7 Å². The molecule has 0 bridgehead atoms. The number of carbonyl (C=O) groups is 1. The molecule has 0 spiro atoms. The van der Waals surface area contributed by atoms with Gasteiger partial charge in [-0.15, -0.1) is 0 Å². The van der Waals surface area contributed by atoms with Crippen molar-refractivity contribution in [3.63, 3.8) is 0 Å². The topological polar surface area (TPSA) is 33.5 Å². The molecular formula is C11H15NO2S. The van der Waals surface area contributed by atoms with E-state index < -0.39 is 0 Å². The van der Waals surface area contributed by atoms with Gasteiger partial charge in [0.2, 0.25) is 11.8 Å². The van der Waals surface area contributed by atoms with Crippen LogP contribution >= 0.6 is 11.8 Å². The molecule has 0 N–H and O–H groups in total. The number of nitrogens with zero attached hydrogens (tertiary/aromatic N) is 1. The molecule has 82 valence electrons. The second kappa shape index (κ2) is 4.31. The van der Waals surface area contributed by atoms with Crippen molar-refractivity contribution in [2.75, 3.05) is 17.7 Å². The molecule has 0 atom stereocenters. The molecule has 0 aromatic carbocycles. The number of hydrogen-bond acceptors (Lipinski definition) is 3. The largest absolute Gasteiger partial charge is 0.434 e. The average Bonchev–Trinajstić information content (AvgIpc) is 2.51. The fourth-order valence-electron chi connectivity index (χ4n) is 1.89. The number of carbonyl (C=O) groups excluding carboxylic acids is 1. The van der Waals surface area contributed by atoms with Crippen molar-refractivity contribution in [1.82, 2.24) is 0 Å². The predicted molar refractivity (Wildman–Crippen MR) is 61.5 cm³/mol. The standard InChI is InChI=1S/C11H15NO2S/c1-8(13)12-6-4-3-5-9-7-10(15-2)14-11(9)12/h7H,3-6H2,1-2H3. The Morgan fingerprint density at radius 3 is 3.00 bits per heavy atom. The molecule has 0 unspecified atom stereocenters. The Morgan fingerprint density at radius 1 is 1.53 bits per heavy atom. The first-order chi connectivity index (χ1) is 7.22. The van der Waals surface area contributed by atoms with E-state index in [1.165, 1.54) is 5.56 Å². The zero-order valence-corrected chi connectivity index (χ0v) is 9.89. The summed E-state index contributed by atoms with van der Waals surface area (Å²) in [6, 6.07) is 2.06. The number of hydrogen-bond donors (Lipinski definition) is 0. The molecule has 0 radical (unpaired) electrons. The van der Waals surface area contributed by atoms with Crippen molar-refractivity contribution in [3.05, 3.63) is 11.6 Å². The van der Waals surface area contributed by atoms with E-state index in [9.17, 15) is 4.79 Å². The molecule has 1 amide bonds. The van der Waals surface area contributed by atoms with Crippen LogP contribution in [0.4, 0.5) is 5.88 Å². The summed E-state index contributed by atoms with van der Waals surface area (Å²) >= 11 is 1.58. The van der Waals surface area contributed by atoms with Gasteiger partial charge in [-0.2, -0.15) is 0 Å². The van der Waals surface area contributed by atoms with Crippen LogP contribution in [0, 0.1) is 0 Å². The SMILES string of the molecule is CSc1cc2c(o1)N(C(C)=O)CCCC2. The molecule has 4 heteroatoms. The smallest absolute Gasteiger partial charge is 0.226 e. The molecular weight excluding hydrogens is 210 g/mol. The van der Waals surface area contributed by atoms with E-state index in [1.807, 2.05) is 6.26 Å². The summed E-state index contributed by atoms with van der Waals surface area (Å²) in [6.45, 7) is 2.38. The summed E-state index contributed by atoms with van der Waals surface area (Å²) < 4.78 is 5.68. The fraction of sp³-hybridized carbons (Fsp3) is 0.545. The lowest BCUT2D eigenvalue weighted by Gasteiger charge is -2.16. The van der Waals surface area contributed by atoms with Gasteiger partial charge in [-0.1, -0.05) is 11.8 Å². The quantitative estimate of drug-likeness (QED) is 0.689. The third-order valence-electron chi connectivity index (χ3n) is 2.67. The highest BCUT2D eigenvalue weighted by atomic mass is 32.2. The van der Waals surface area contributed by atoms with E-state index in [2.05, 4.69) is 6.07 Å². The third-order valence-corrected chi connectivity index (χ3v) is 3.27. The first-order valence-corrected chi connectivity index (χ1v) is 6.39. The van der Waals surface area contributed by atoms with Crippen molar-refractivity contribution in [1.29, 1.82) is 0 Å². The Kier molecular flexibility index (Phi) is 3.05. The van der Waals surface area contributed by atoms with Crippen LogP contribution < -0.4 is 4.90 Å². The second-order valence-electron chi connectivity index (χ2n) is 3.73. The van der Waals surface area contributed by atoms with Gasteiger partial charge >= 0.3 is 0 Å². The molecule has 1 aromatic rings. The number of amides is 1. The minimum Gasteiger partial charge on any atom is -0.434 e. The number of thioether (sulfide) groups is 1. The third kappa shape index (κ3) is 2.04. The van der Waals surface area contributed by atoms with Gasteiger partial charge in [0.25, 0.3) is 0 Å². The van der Waals surface area contributed by atoms with Crippen LogP contribution in [0.3, 0.4) is 0 Å². The van der Waals surface area contributed by atoms with E-state index in [0.717, 1.165) is 36.8 Å². The van der Waals surface area contributed by atoms with E-state index in [-0.39, 0.29) is 5.91 Å². The van der Waals surface area contributed by atoms with Crippen LogP contribution in [0.1, 0.15) is 25.3 Å². The molecule has 1 aliphatic heterocycles. The maximum atomic E-state index is 11.5. The summed E-state index contributed by atoms with van der Waals surface area (Å²) in [4.78, 5) is 13.2. The first kappa shape index (κ1) is 10.6.